The number of hydrogen-bond donors (Lipinski definition) is 0. The number of pyridine rings is 2. The lowest BCUT2D eigenvalue weighted by Crippen LogP contribution is -1.96. The van der Waals surface area contributed by atoms with Gasteiger partial charge < -0.3 is 9.13 Å². The lowest BCUT2D eigenvalue weighted by molar-refractivity contribution is 0.959. The number of rotatable bonds is 4. The molecule has 0 saturated carbocycles. The van der Waals surface area contributed by atoms with E-state index in [1.54, 1.807) is 6.20 Å². The molecule has 4 aromatic heterocycles. The van der Waals surface area contributed by atoms with Crippen molar-refractivity contribution in [3.05, 3.63) is 134 Å². The Morgan fingerprint density at radius 1 is 0.585 bits per heavy atom. The van der Waals surface area contributed by atoms with Crippen LogP contribution < -0.4 is 0 Å². The number of para-hydroxylation sites is 2. The predicted molar refractivity (Wildman–Crippen MR) is 167 cm³/mol. The largest absolute Gasteiger partial charge is 0.327 e. The van der Waals surface area contributed by atoms with E-state index in [1.165, 1.54) is 16.3 Å². The van der Waals surface area contributed by atoms with Crippen LogP contribution in [0.3, 0.4) is 0 Å². The highest BCUT2D eigenvalue weighted by Gasteiger charge is 2.17. The van der Waals surface area contributed by atoms with Gasteiger partial charge in [-0.1, -0.05) is 66.7 Å². The quantitative estimate of drug-likeness (QED) is 0.231. The molecular weight excluding hydrogens is 502 g/mol. The van der Waals surface area contributed by atoms with Crippen LogP contribution in [0.15, 0.2) is 134 Å². The van der Waals surface area contributed by atoms with Crippen molar-refractivity contribution in [2.75, 3.05) is 0 Å². The number of imidazole rings is 1. The van der Waals surface area contributed by atoms with Crippen molar-refractivity contribution in [3.8, 4) is 39.5 Å². The number of benzene rings is 4. The normalized spacial score (nSPS) is 11.5. The zero-order valence-corrected chi connectivity index (χ0v) is 22.4. The van der Waals surface area contributed by atoms with Crippen LogP contribution in [0.5, 0.6) is 0 Å². The maximum absolute atomic E-state index is 5.19. The van der Waals surface area contributed by atoms with Crippen molar-refractivity contribution in [3.63, 3.8) is 0 Å². The van der Waals surface area contributed by atoms with Gasteiger partial charge in [0.25, 0.3) is 0 Å². The van der Waals surface area contributed by atoms with Gasteiger partial charge in [-0.05, 0) is 48.5 Å². The highest BCUT2D eigenvalue weighted by atomic mass is 15.1. The second kappa shape index (κ2) is 9.28. The molecule has 0 spiro atoms. The van der Waals surface area contributed by atoms with Crippen molar-refractivity contribution in [2.45, 2.75) is 0 Å². The van der Waals surface area contributed by atoms with Crippen LogP contribution in [0.4, 0.5) is 0 Å². The Labute approximate surface area is 237 Å². The van der Waals surface area contributed by atoms with Crippen LogP contribution >= 0.6 is 0 Å². The summed E-state index contributed by atoms with van der Waals surface area (Å²) in [6.07, 6.45) is 5.53. The predicted octanol–water partition coefficient (Wildman–Crippen LogP) is 8.46. The summed E-state index contributed by atoms with van der Waals surface area (Å²) < 4.78 is 4.54. The van der Waals surface area contributed by atoms with Gasteiger partial charge in [-0.3, -0.25) is 9.97 Å². The second-order valence-corrected chi connectivity index (χ2v) is 10.3. The summed E-state index contributed by atoms with van der Waals surface area (Å²) in [7, 11) is 2.09. The second-order valence-electron chi connectivity index (χ2n) is 10.3. The van der Waals surface area contributed by atoms with E-state index >= 15 is 0 Å². The molecule has 0 bridgehead atoms. The third kappa shape index (κ3) is 3.74. The Bertz CT molecular complexity index is 2210. The fourth-order valence-electron chi connectivity index (χ4n) is 5.95. The molecule has 5 nitrogen and oxygen atoms in total. The Morgan fingerprint density at radius 3 is 2.29 bits per heavy atom. The van der Waals surface area contributed by atoms with E-state index in [1.807, 2.05) is 30.6 Å². The molecule has 41 heavy (non-hydrogen) atoms. The Kier molecular flexibility index (Phi) is 5.28. The van der Waals surface area contributed by atoms with E-state index < -0.39 is 0 Å². The number of nitrogens with zero attached hydrogens (tertiary/aromatic N) is 5. The Morgan fingerprint density at radius 2 is 1.41 bits per heavy atom. The fraction of sp³-hybridized carbons (Fsp3) is 0.0278. The zero-order chi connectivity index (χ0) is 27.3. The lowest BCUT2D eigenvalue weighted by atomic mass is 10.1. The number of fused-ring (bicyclic) bond motifs is 4. The van der Waals surface area contributed by atoms with E-state index in [2.05, 4.69) is 123 Å². The van der Waals surface area contributed by atoms with Crippen molar-refractivity contribution in [1.29, 1.82) is 0 Å². The van der Waals surface area contributed by atoms with Crippen LogP contribution in [-0.2, 0) is 7.05 Å². The summed E-state index contributed by atoms with van der Waals surface area (Å²) in [5, 5.41) is 2.43. The monoisotopic (exact) mass is 527 g/mol. The van der Waals surface area contributed by atoms with Gasteiger partial charge >= 0.3 is 0 Å². The molecule has 0 unspecified atom stereocenters. The molecule has 4 aromatic carbocycles. The van der Waals surface area contributed by atoms with Gasteiger partial charge in [0.1, 0.15) is 5.82 Å². The van der Waals surface area contributed by atoms with Gasteiger partial charge in [0.05, 0.1) is 27.8 Å². The maximum Gasteiger partial charge on any atom is 0.140 e. The average Bonchev–Trinajstić information content (AvgIpc) is 3.56. The zero-order valence-electron chi connectivity index (χ0n) is 22.4. The lowest BCUT2D eigenvalue weighted by Gasteiger charge is -2.11. The summed E-state index contributed by atoms with van der Waals surface area (Å²) in [4.78, 5) is 14.1. The van der Waals surface area contributed by atoms with Gasteiger partial charge in [-0.2, -0.15) is 0 Å². The summed E-state index contributed by atoms with van der Waals surface area (Å²) in [6.45, 7) is 0. The highest BCUT2D eigenvalue weighted by molar-refractivity contribution is 6.10. The van der Waals surface area contributed by atoms with E-state index in [0.29, 0.717) is 0 Å². The Hall–Kier alpha value is -5.55. The molecule has 0 aliphatic heterocycles. The van der Waals surface area contributed by atoms with Crippen molar-refractivity contribution < 1.29 is 0 Å². The molecule has 5 heteroatoms. The highest BCUT2D eigenvalue weighted by Crippen LogP contribution is 2.37. The molecule has 0 radical (unpaired) electrons. The van der Waals surface area contributed by atoms with Gasteiger partial charge in [0, 0.05) is 64.4 Å². The average molecular weight is 528 g/mol. The third-order valence-corrected chi connectivity index (χ3v) is 7.88. The van der Waals surface area contributed by atoms with Crippen LogP contribution in [-0.4, -0.2) is 24.1 Å². The minimum Gasteiger partial charge on any atom is -0.327 e. The molecule has 0 amide bonds. The van der Waals surface area contributed by atoms with Gasteiger partial charge in [-0.25, -0.2) is 4.98 Å². The van der Waals surface area contributed by atoms with Crippen LogP contribution in [0.1, 0.15) is 0 Å². The minimum atomic E-state index is 0.928. The molecule has 0 aliphatic carbocycles. The van der Waals surface area contributed by atoms with E-state index in [-0.39, 0.29) is 0 Å². The smallest absolute Gasteiger partial charge is 0.140 e. The first-order valence-electron chi connectivity index (χ1n) is 13.7. The van der Waals surface area contributed by atoms with Crippen LogP contribution in [0, 0.1) is 0 Å². The van der Waals surface area contributed by atoms with Crippen molar-refractivity contribution >= 4 is 32.8 Å². The SMILES string of the molecule is Cn1c(-c2ccc3c4ccccc4n(-c4cccc(-c5ccccn5)c4)c3c2)nc2c(-c3cccnc3)cccc21. The molecule has 8 aromatic rings. The summed E-state index contributed by atoms with van der Waals surface area (Å²) in [6, 6.07) is 40.3. The first kappa shape index (κ1) is 23.3. The summed E-state index contributed by atoms with van der Waals surface area (Å²) >= 11 is 0. The van der Waals surface area contributed by atoms with Gasteiger partial charge in [-0.15, -0.1) is 0 Å². The molecule has 0 saturated heterocycles. The first-order valence-corrected chi connectivity index (χ1v) is 13.7. The molecule has 0 N–H and O–H groups in total. The van der Waals surface area contributed by atoms with Crippen LogP contribution in [0.25, 0.3) is 72.3 Å². The maximum atomic E-state index is 5.19. The molecule has 0 fully saturated rings. The standard InChI is InChI=1S/C36H25N5/c1-40-33-16-7-13-28(26-10-8-19-37-23-26)35(33)39-36(40)25-17-18-30-29-12-2-3-15-32(29)41(34(30)22-25)27-11-6-9-24(21-27)31-14-4-5-20-38-31/h2-23H,1H3. The molecule has 194 valence electrons. The number of hydrogen-bond acceptors (Lipinski definition) is 3. The Balaban J connectivity index is 1.35. The summed E-state index contributed by atoms with van der Waals surface area (Å²) in [5.74, 6) is 0.928. The molecule has 0 aliphatic rings. The molecule has 0 atom stereocenters. The van der Waals surface area contributed by atoms with E-state index in [9.17, 15) is 0 Å². The van der Waals surface area contributed by atoms with E-state index in [0.717, 1.165) is 56.0 Å². The third-order valence-electron chi connectivity index (χ3n) is 7.88. The molecule has 4 heterocycles. The van der Waals surface area contributed by atoms with Crippen molar-refractivity contribution in [1.82, 2.24) is 24.1 Å². The fourth-order valence-corrected chi connectivity index (χ4v) is 5.95. The first-order chi connectivity index (χ1) is 20.3. The topological polar surface area (TPSA) is 48.5 Å². The molecular formula is C36H25N5. The van der Waals surface area contributed by atoms with Crippen molar-refractivity contribution in [2.24, 2.45) is 7.05 Å². The van der Waals surface area contributed by atoms with Gasteiger partial charge in [0.2, 0.25) is 0 Å². The number of aryl methyl sites for hydroxylation is 1. The minimum absolute atomic E-state index is 0.928. The van der Waals surface area contributed by atoms with E-state index in [4.69, 9.17) is 4.98 Å². The molecule has 8 rings (SSSR count). The number of aromatic nitrogens is 5. The summed E-state index contributed by atoms with van der Waals surface area (Å²) in [5.41, 5.74) is 10.7. The van der Waals surface area contributed by atoms with Gasteiger partial charge in [0.15, 0.2) is 0 Å². The van der Waals surface area contributed by atoms with Crippen LogP contribution in [0.2, 0.25) is 0 Å².